The molecule has 0 unspecified atom stereocenters. The molecule has 0 fully saturated rings. The normalized spacial score (nSPS) is 11.1. The Balaban J connectivity index is 2.25. The average Bonchev–Trinajstić information content (AvgIpc) is 2.65. The fourth-order valence-corrected chi connectivity index (χ4v) is 1.39. The molecular weight excluding hydrogens is 236 g/mol. The zero-order valence-corrected chi connectivity index (χ0v) is 11.1. The van der Waals surface area contributed by atoms with Crippen molar-refractivity contribution in [1.82, 2.24) is 0 Å². The van der Waals surface area contributed by atoms with Crippen molar-refractivity contribution >= 4 is 5.97 Å². The van der Waals surface area contributed by atoms with Gasteiger partial charge < -0.3 is 19.0 Å². The quantitative estimate of drug-likeness (QED) is 0.723. The Morgan fingerprint density at radius 2 is 2.06 bits per heavy atom. The van der Waals surface area contributed by atoms with E-state index in [1.54, 1.807) is 6.92 Å². The second-order valence-corrected chi connectivity index (χ2v) is 4.52. The van der Waals surface area contributed by atoms with Crippen molar-refractivity contribution in [3.8, 4) is 0 Å². The number of carboxylic acids is 1. The molecule has 0 bridgehead atoms. The number of hydrogen-bond acceptors (Lipinski definition) is 4. The molecule has 0 saturated heterocycles. The smallest absolute Gasteiger partial charge is 0.371 e. The highest BCUT2D eigenvalue weighted by Crippen LogP contribution is 2.15. The van der Waals surface area contributed by atoms with Crippen molar-refractivity contribution in [1.29, 1.82) is 0 Å². The lowest BCUT2D eigenvalue weighted by Crippen LogP contribution is -2.08. The third-order valence-electron chi connectivity index (χ3n) is 2.31. The first kappa shape index (κ1) is 14.7. The van der Waals surface area contributed by atoms with E-state index in [4.69, 9.17) is 19.0 Å². The van der Waals surface area contributed by atoms with Gasteiger partial charge in [0.05, 0.1) is 19.8 Å². The molecule has 0 spiro atoms. The molecular formula is C13H20O5. The Kier molecular flexibility index (Phi) is 5.88. The van der Waals surface area contributed by atoms with Gasteiger partial charge in [-0.25, -0.2) is 4.79 Å². The molecule has 0 amide bonds. The third kappa shape index (κ3) is 4.89. The largest absolute Gasteiger partial charge is 0.475 e. The fraction of sp³-hybridized carbons (Fsp3) is 0.615. The van der Waals surface area contributed by atoms with Crippen LogP contribution < -0.4 is 0 Å². The van der Waals surface area contributed by atoms with Gasteiger partial charge in [-0.05, 0) is 18.9 Å². The van der Waals surface area contributed by atoms with Crippen LogP contribution in [0.15, 0.2) is 10.5 Å². The second kappa shape index (κ2) is 7.18. The maximum atomic E-state index is 10.7. The summed E-state index contributed by atoms with van der Waals surface area (Å²) in [5.74, 6) is -0.0264. The maximum absolute atomic E-state index is 10.7. The lowest BCUT2D eigenvalue weighted by atomic mass is 10.2. The van der Waals surface area contributed by atoms with Crippen LogP contribution in [0.4, 0.5) is 0 Å². The number of carboxylic acid groups (broad SMARTS) is 1. The summed E-state index contributed by atoms with van der Waals surface area (Å²) in [7, 11) is 0. The molecule has 1 heterocycles. The molecule has 18 heavy (non-hydrogen) atoms. The summed E-state index contributed by atoms with van der Waals surface area (Å²) in [6.07, 6.45) is 0. The molecule has 102 valence electrons. The van der Waals surface area contributed by atoms with Crippen LogP contribution in [0.25, 0.3) is 0 Å². The first-order valence-corrected chi connectivity index (χ1v) is 5.98. The number of aromatic carboxylic acids is 1. The molecule has 1 aromatic rings. The predicted molar refractivity (Wildman–Crippen MR) is 65.7 cm³/mol. The van der Waals surface area contributed by atoms with Crippen LogP contribution in [0.1, 0.15) is 35.7 Å². The van der Waals surface area contributed by atoms with E-state index < -0.39 is 5.97 Å². The summed E-state index contributed by atoms with van der Waals surface area (Å²) < 4.78 is 15.8. The molecule has 1 rings (SSSR count). The SMILES string of the molecule is Cc1oc(C(=O)O)cc1COCCOCC(C)C. The number of furan rings is 1. The van der Waals surface area contributed by atoms with E-state index >= 15 is 0 Å². The molecule has 0 aromatic carbocycles. The standard InChI is InChI=1S/C13H20O5/c1-9(2)7-16-4-5-17-8-11-6-12(13(14)15)18-10(11)3/h6,9H,4-5,7-8H2,1-3H3,(H,14,15). The van der Waals surface area contributed by atoms with Crippen LogP contribution >= 0.6 is 0 Å². The monoisotopic (exact) mass is 256 g/mol. The molecule has 5 nitrogen and oxygen atoms in total. The molecule has 0 atom stereocenters. The maximum Gasteiger partial charge on any atom is 0.371 e. The zero-order valence-electron chi connectivity index (χ0n) is 11.1. The molecule has 0 aliphatic rings. The minimum Gasteiger partial charge on any atom is -0.475 e. The molecule has 0 aliphatic carbocycles. The Hall–Kier alpha value is -1.33. The first-order chi connectivity index (χ1) is 8.50. The van der Waals surface area contributed by atoms with Crippen molar-refractivity contribution in [3.63, 3.8) is 0 Å². The highest BCUT2D eigenvalue weighted by molar-refractivity contribution is 5.84. The summed E-state index contributed by atoms with van der Waals surface area (Å²) in [5, 5.41) is 8.76. The van der Waals surface area contributed by atoms with E-state index in [0.29, 0.717) is 31.5 Å². The van der Waals surface area contributed by atoms with Crippen molar-refractivity contribution < 1.29 is 23.8 Å². The van der Waals surface area contributed by atoms with Crippen molar-refractivity contribution in [3.05, 3.63) is 23.2 Å². The van der Waals surface area contributed by atoms with E-state index in [1.807, 2.05) is 0 Å². The first-order valence-electron chi connectivity index (χ1n) is 5.98. The Morgan fingerprint density at radius 1 is 1.39 bits per heavy atom. The van der Waals surface area contributed by atoms with Crippen LogP contribution in [0.3, 0.4) is 0 Å². The lowest BCUT2D eigenvalue weighted by Gasteiger charge is -2.07. The number of rotatable bonds is 8. The minimum atomic E-state index is -1.07. The van der Waals surface area contributed by atoms with E-state index in [9.17, 15) is 4.79 Å². The van der Waals surface area contributed by atoms with Crippen LogP contribution in [0.5, 0.6) is 0 Å². The molecule has 5 heteroatoms. The molecule has 0 aliphatic heterocycles. The van der Waals surface area contributed by atoms with Crippen LogP contribution in [-0.4, -0.2) is 30.9 Å². The van der Waals surface area contributed by atoms with E-state index in [0.717, 1.165) is 12.2 Å². The summed E-state index contributed by atoms with van der Waals surface area (Å²) >= 11 is 0. The number of aryl methyl sites for hydroxylation is 1. The van der Waals surface area contributed by atoms with Crippen LogP contribution in [0.2, 0.25) is 0 Å². The third-order valence-corrected chi connectivity index (χ3v) is 2.31. The van der Waals surface area contributed by atoms with Gasteiger partial charge in [0.25, 0.3) is 0 Å². The van der Waals surface area contributed by atoms with E-state index in [-0.39, 0.29) is 5.76 Å². The van der Waals surface area contributed by atoms with Gasteiger partial charge in [-0.15, -0.1) is 0 Å². The average molecular weight is 256 g/mol. The summed E-state index contributed by atoms with van der Waals surface area (Å²) in [6.45, 7) is 7.98. The molecule has 1 aromatic heterocycles. The van der Waals surface area contributed by atoms with Gasteiger partial charge in [0.2, 0.25) is 5.76 Å². The summed E-state index contributed by atoms with van der Waals surface area (Å²) in [6, 6.07) is 1.49. The van der Waals surface area contributed by atoms with Gasteiger partial charge in [0.15, 0.2) is 0 Å². The van der Waals surface area contributed by atoms with Gasteiger partial charge in [-0.1, -0.05) is 13.8 Å². The Morgan fingerprint density at radius 3 is 2.61 bits per heavy atom. The van der Waals surface area contributed by atoms with E-state index in [1.165, 1.54) is 6.07 Å². The Bertz CT molecular complexity index is 381. The van der Waals surface area contributed by atoms with E-state index in [2.05, 4.69) is 13.8 Å². The molecule has 0 saturated carbocycles. The van der Waals surface area contributed by atoms with Gasteiger partial charge >= 0.3 is 5.97 Å². The zero-order chi connectivity index (χ0) is 13.5. The van der Waals surface area contributed by atoms with Crippen LogP contribution in [0, 0.1) is 12.8 Å². The highest BCUT2D eigenvalue weighted by Gasteiger charge is 2.12. The predicted octanol–water partition coefficient (Wildman–Crippen LogP) is 2.48. The van der Waals surface area contributed by atoms with Crippen LogP contribution in [-0.2, 0) is 16.1 Å². The molecule has 0 radical (unpaired) electrons. The lowest BCUT2D eigenvalue weighted by molar-refractivity contribution is 0.0311. The topological polar surface area (TPSA) is 68.9 Å². The fourth-order valence-electron chi connectivity index (χ4n) is 1.39. The Labute approximate surface area is 107 Å². The van der Waals surface area contributed by atoms with Gasteiger partial charge in [-0.2, -0.15) is 0 Å². The highest BCUT2D eigenvalue weighted by atomic mass is 16.5. The number of carbonyl (C=O) groups is 1. The number of ether oxygens (including phenoxy) is 2. The second-order valence-electron chi connectivity index (χ2n) is 4.52. The van der Waals surface area contributed by atoms with Gasteiger partial charge in [0.1, 0.15) is 5.76 Å². The van der Waals surface area contributed by atoms with Gasteiger partial charge in [0, 0.05) is 12.2 Å². The summed E-state index contributed by atoms with van der Waals surface area (Å²) in [5.41, 5.74) is 0.760. The minimum absolute atomic E-state index is 0.0536. The van der Waals surface area contributed by atoms with Crippen molar-refractivity contribution in [2.45, 2.75) is 27.4 Å². The van der Waals surface area contributed by atoms with Crippen molar-refractivity contribution in [2.75, 3.05) is 19.8 Å². The summed E-state index contributed by atoms with van der Waals surface area (Å²) in [4.78, 5) is 10.7. The number of hydrogen-bond donors (Lipinski definition) is 1. The molecule has 1 N–H and O–H groups in total. The van der Waals surface area contributed by atoms with Crippen molar-refractivity contribution in [2.24, 2.45) is 5.92 Å². The van der Waals surface area contributed by atoms with Gasteiger partial charge in [-0.3, -0.25) is 0 Å².